The van der Waals surface area contributed by atoms with Crippen LogP contribution in [0.4, 0.5) is 0 Å². The molecule has 0 aliphatic heterocycles. The van der Waals surface area contributed by atoms with Crippen LogP contribution in [0.2, 0.25) is 0 Å². The summed E-state index contributed by atoms with van der Waals surface area (Å²) in [4.78, 5) is 0. The normalized spacial score (nSPS) is 10.8. The Labute approximate surface area is 115 Å². The molecule has 0 bridgehead atoms. The highest BCUT2D eigenvalue weighted by molar-refractivity contribution is 9.10. The summed E-state index contributed by atoms with van der Waals surface area (Å²) in [6.45, 7) is 0.306. The third-order valence-corrected chi connectivity index (χ3v) is 3.12. The predicted molar refractivity (Wildman–Crippen MR) is 72.0 cm³/mol. The number of halogens is 1. The predicted octanol–water partition coefficient (Wildman–Crippen LogP) is 0.909. The number of benzene rings is 1. The molecule has 0 heterocycles. The maximum absolute atomic E-state index is 8.97. The molecule has 1 aromatic rings. The van der Waals surface area contributed by atoms with Crippen molar-refractivity contribution in [3.63, 3.8) is 0 Å². The fourth-order valence-electron chi connectivity index (χ4n) is 1.52. The van der Waals surface area contributed by atoms with Gasteiger partial charge in [-0.2, -0.15) is 0 Å². The molecule has 0 aromatic heterocycles. The lowest BCUT2D eigenvalue weighted by molar-refractivity contribution is 0.170. The summed E-state index contributed by atoms with van der Waals surface area (Å²) in [5, 5.41) is 21.0. The van der Waals surface area contributed by atoms with Crippen molar-refractivity contribution in [2.24, 2.45) is 0 Å². The number of methoxy groups -OCH3 is 2. The maximum atomic E-state index is 8.97. The van der Waals surface area contributed by atoms with Crippen LogP contribution < -0.4 is 14.8 Å². The van der Waals surface area contributed by atoms with Gasteiger partial charge >= 0.3 is 0 Å². The second-order valence-corrected chi connectivity index (χ2v) is 4.61. The number of aliphatic hydroxyl groups is 2. The molecular formula is C12H18BrNO4. The van der Waals surface area contributed by atoms with Crippen molar-refractivity contribution in [2.75, 3.05) is 27.4 Å². The number of hydrogen-bond donors (Lipinski definition) is 3. The highest BCUT2D eigenvalue weighted by Crippen LogP contribution is 2.36. The van der Waals surface area contributed by atoms with E-state index in [9.17, 15) is 0 Å². The van der Waals surface area contributed by atoms with E-state index in [1.165, 1.54) is 0 Å². The SMILES string of the molecule is COc1cc(CNC(CO)CO)cc(Br)c1OC. The lowest BCUT2D eigenvalue weighted by atomic mass is 10.2. The summed E-state index contributed by atoms with van der Waals surface area (Å²) < 4.78 is 11.3. The molecule has 1 rings (SSSR count). The van der Waals surface area contributed by atoms with Crippen LogP contribution in [0.5, 0.6) is 11.5 Å². The van der Waals surface area contributed by atoms with Crippen molar-refractivity contribution in [1.29, 1.82) is 0 Å². The van der Waals surface area contributed by atoms with Gasteiger partial charge in [0.25, 0.3) is 0 Å². The second kappa shape index (κ2) is 7.58. The molecular weight excluding hydrogens is 302 g/mol. The summed E-state index contributed by atoms with van der Waals surface area (Å²) in [5.74, 6) is 1.27. The van der Waals surface area contributed by atoms with Crippen molar-refractivity contribution in [2.45, 2.75) is 12.6 Å². The third kappa shape index (κ3) is 3.84. The van der Waals surface area contributed by atoms with E-state index in [1.54, 1.807) is 14.2 Å². The minimum Gasteiger partial charge on any atom is -0.493 e. The van der Waals surface area contributed by atoms with Gasteiger partial charge in [-0.15, -0.1) is 0 Å². The number of rotatable bonds is 7. The molecule has 102 valence electrons. The van der Waals surface area contributed by atoms with Gasteiger partial charge in [0.2, 0.25) is 0 Å². The average Bonchev–Trinajstić information content (AvgIpc) is 2.39. The highest BCUT2D eigenvalue weighted by Gasteiger charge is 2.11. The first-order valence-corrected chi connectivity index (χ1v) is 6.31. The van der Waals surface area contributed by atoms with Crippen molar-refractivity contribution in [1.82, 2.24) is 5.32 Å². The molecule has 0 amide bonds. The number of hydrogen-bond acceptors (Lipinski definition) is 5. The Hall–Kier alpha value is -0.820. The average molecular weight is 320 g/mol. The molecule has 0 fully saturated rings. The van der Waals surface area contributed by atoms with Crippen LogP contribution in [-0.4, -0.2) is 43.7 Å². The van der Waals surface area contributed by atoms with Crippen LogP contribution >= 0.6 is 15.9 Å². The Morgan fingerprint density at radius 3 is 2.39 bits per heavy atom. The molecule has 0 unspecified atom stereocenters. The van der Waals surface area contributed by atoms with Crippen LogP contribution in [0.15, 0.2) is 16.6 Å². The summed E-state index contributed by atoms with van der Waals surface area (Å²) in [6.07, 6.45) is 0. The molecule has 18 heavy (non-hydrogen) atoms. The van der Waals surface area contributed by atoms with Gasteiger partial charge < -0.3 is 25.0 Å². The Kier molecular flexibility index (Phi) is 6.42. The fourth-order valence-corrected chi connectivity index (χ4v) is 2.17. The zero-order valence-corrected chi connectivity index (χ0v) is 12.0. The topological polar surface area (TPSA) is 71.0 Å². The van der Waals surface area contributed by atoms with E-state index in [2.05, 4.69) is 21.2 Å². The molecule has 6 heteroatoms. The highest BCUT2D eigenvalue weighted by atomic mass is 79.9. The molecule has 0 atom stereocenters. The number of nitrogens with one attached hydrogen (secondary N) is 1. The Balaban J connectivity index is 2.81. The molecule has 0 radical (unpaired) electrons. The minimum absolute atomic E-state index is 0.106. The van der Waals surface area contributed by atoms with Crippen LogP contribution in [0.25, 0.3) is 0 Å². The second-order valence-electron chi connectivity index (χ2n) is 3.76. The molecule has 3 N–H and O–H groups in total. The summed E-state index contributed by atoms with van der Waals surface area (Å²) >= 11 is 3.41. The lowest BCUT2D eigenvalue weighted by Gasteiger charge is -2.15. The van der Waals surface area contributed by atoms with Crippen LogP contribution in [0, 0.1) is 0 Å². The largest absolute Gasteiger partial charge is 0.493 e. The van der Waals surface area contributed by atoms with Gasteiger partial charge in [-0.1, -0.05) is 0 Å². The van der Waals surface area contributed by atoms with Crippen LogP contribution in [-0.2, 0) is 6.54 Å². The van der Waals surface area contributed by atoms with Gasteiger partial charge in [0.05, 0.1) is 37.9 Å². The van der Waals surface area contributed by atoms with Crippen molar-refractivity contribution in [3.8, 4) is 11.5 Å². The first kappa shape index (κ1) is 15.2. The molecule has 0 aliphatic carbocycles. The van der Waals surface area contributed by atoms with Gasteiger partial charge in [-0.25, -0.2) is 0 Å². The summed E-state index contributed by atoms with van der Waals surface area (Å²) in [6, 6.07) is 3.43. The van der Waals surface area contributed by atoms with Gasteiger partial charge in [0, 0.05) is 6.54 Å². The minimum atomic E-state index is -0.322. The summed E-state index contributed by atoms with van der Waals surface area (Å²) in [5.41, 5.74) is 0.964. The van der Waals surface area contributed by atoms with Crippen LogP contribution in [0.1, 0.15) is 5.56 Å². The first-order valence-electron chi connectivity index (χ1n) is 5.51. The quantitative estimate of drug-likeness (QED) is 0.697. The first-order chi connectivity index (χ1) is 8.65. The van der Waals surface area contributed by atoms with Crippen molar-refractivity contribution >= 4 is 15.9 Å². The molecule has 0 saturated heterocycles. The third-order valence-electron chi connectivity index (χ3n) is 2.53. The molecule has 0 spiro atoms. The molecule has 0 saturated carbocycles. The van der Waals surface area contributed by atoms with E-state index in [0.717, 1.165) is 10.0 Å². The van der Waals surface area contributed by atoms with E-state index in [4.69, 9.17) is 19.7 Å². The van der Waals surface area contributed by atoms with Crippen molar-refractivity contribution in [3.05, 3.63) is 22.2 Å². The van der Waals surface area contributed by atoms with E-state index < -0.39 is 0 Å². The van der Waals surface area contributed by atoms with Gasteiger partial charge in [-0.05, 0) is 33.6 Å². The Bertz CT molecular complexity index is 383. The Morgan fingerprint density at radius 2 is 1.89 bits per heavy atom. The Morgan fingerprint density at radius 1 is 1.22 bits per heavy atom. The molecule has 0 aliphatic rings. The fraction of sp³-hybridized carbons (Fsp3) is 0.500. The zero-order valence-electron chi connectivity index (χ0n) is 10.4. The van der Waals surface area contributed by atoms with E-state index in [0.29, 0.717) is 18.0 Å². The van der Waals surface area contributed by atoms with E-state index in [1.807, 2.05) is 12.1 Å². The monoisotopic (exact) mass is 319 g/mol. The van der Waals surface area contributed by atoms with E-state index >= 15 is 0 Å². The lowest BCUT2D eigenvalue weighted by Crippen LogP contribution is -2.35. The van der Waals surface area contributed by atoms with Gasteiger partial charge in [0.1, 0.15) is 0 Å². The standard InChI is InChI=1S/C12H18BrNO4/c1-17-11-4-8(3-10(13)12(11)18-2)5-14-9(6-15)7-16/h3-4,9,14-16H,5-7H2,1-2H3. The molecule has 1 aromatic carbocycles. The summed E-state index contributed by atoms with van der Waals surface area (Å²) in [7, 11) is 3.15. The van der Waals surface area contributed by atoms with Gasteiger partial charge in [-0.3, -0.25) is 0 Å². The number of aliphatic hydroxyl groups excluding tert-OH is 2. The molecule has 5 nitrogen and oxygen atoms in total. The van der Waals surface area contributed by atoms with Crippen LogP contribution in [0.3, 0.4) is 0 Å². The number of ether oxygens (including phenoxy) is 2. The van der Waals surface area contributed by atoms with Gasteiger partial charge in [0.15, 0.2) is 11.5 Å². The maximum Gasteiger partial charge on any atom is 0.174 e. The van der Waals surface area contributed by atoms with E-state index in [-0.39, 0.29) is 19.3 Å². The smallest absolute Gasteiger partial charge is 0.174 e. The van der Waals surface area contributed by atoms with Crippen molar-refractivity contribution < 1.29 is 19.7 Å². The zero-order chi connectivity index (χ0) is 13.5.